The molecule has 4 rings (SSSR count). The molecule has 2 aromatic carbocycles. The number of amides is 2. The number of aromatic nitrogens is 3. The fraction of sp³-hybridized carbons (Fsp3) is 0.120. The highest BCUT2D eigenvalue weighted by Crippen LogP contribution is 2.29. The first-order valence-electron chi connectivity index (χ1n) is 10.4. The molecule has 0 saturated heterocycles. The molecule has 0 aliphatic rings. The van der Waals surface area contributed by atoms with E-state index in [0.717, 1.165) is 23.4 Å². The summed E-state index contributed by atoms with van der Waals surface area (Å²) in [6, 6.07) is 17.4. The third kappa shape index (κ3) is 6.02. The summed E-state index contributed by atoms with van der Waals surface area (Å²) < 4.78 is 2.00. The molecule has 0 radical (unpaired) electrons. The minimum atomic E-state index is -0.210. The largest absolute Gasteiger partial charge is 0.348 e. The number of hydrogen-bond acceptors (Lipinski definition) is 5. The van der Waals surface area contributed by atoms with Crippen LogP contribution in [-0.2, 0) is 22.7 Å². The van der Waals surface area contributed by atoms with Gasteiger partial charge in [0, 0.05) is 43.9 Å². The molecule has 4 aromatic rings. The van der Waals surface area contributed by atoms with Gasteiger partial charge in [-0.1, -0.05) is 42.5 Å². The Morgan fingerprint density at radius 3 is 2.55 bits per heavy atom. The molecule has 0 fully saturated rings. The molecule has 2 amide bonds. The topological polar surface area (TPSA) is 80.1 Å². The predicted octanol–water partition coefficient (Wildman–Crippen LogP) is 4.40. The fourth-order valence-corrected chi connectivity index (χ4v) is 4.08. The van der Waals surface area contributed by atoms with Gasteiger partial charge in [0.05, 0.1) is 17.7 Å². The Hall–Kier alpha value is -4.04. The van der Waals surface area contributed by atoms with Crippen LogP contribution in [0.15, 0.2) is 84.8 Å². The average Bonchev–Trinajstić information content (AvgIpc) is 3.50. The molecule has 166 valence electrons. The van der Waals surface area contributed by atoms with E-state index < -0.39 is 0 Å². The van der Waals surface area contributed by atoms with Crippen molar-refractivity contribution in [3.8, 4) is 0 Å². The number of rotatable bonds is 8. The van der Waals surface area contributed by atoms with Gasteiger partial charge < -0.3 is 9.88 Å². The minimum absolute atomic E-state index is 0.125. The van der Waals surface area contributed by atoms with Crippen molar-refractivity contribution in [1.29, 1.82) is 0 Å². The normalized spacial score (nSPS) is 10.9. The maximum Gasteiger partial charge on any atom is 0.244 e. The SMILES string of the molecule is CC(=O)N(c1ccccc1)c1nc(/C=C/C(=O)NCc2ccc(Cn3ccnc3)cc2)cs1. The predicted molar refractivity (Wildman–Crippen MR) is 130 cm³/mol. The van der Waals surface area contributed by atoms with E-state index in [4.69, 9.17) is 0 Å². The molecule has 0 saturated carbocycles. The number of benzene rings is 2. The maximum absolute atomic E-state index is 12.2. The van der Waals surface area contributed by atoms with E-state index in [9.17, 15) is 9.59 Å². The van der Waals surface area contributed by atoms with E-state index >= 15 is 0 Å². The van der Waals surface area contributed by atoms with E-state index in [1.165, 1.54) is 24.3 Å². The zero-order valence-corrected chi connectivity index (χ0v) is 18.9. The number of hydrogen-bond donors (Lipinski definition) is 1. The van der Waals surface area contributed by atoms with Gasteiger partial charge in [0.25, 0.3) is 0 Å². The molecule has 0 atom stereocenters. The number of anilines is 2. The van der Waals surface area contributed by atoms with Gasteiger partial charge in [0.2, 0.25) is 11.8 Å². The Kier molecular flexibility index (Phi) is 7.06. The summed E-state index contributed by atoms with van der Waals surface area (Å²) >= 11 is 1.35. The highest BCUT2D eigenvalue weighted by molar-refractivity contribution is 7.14. The van der Waals surface area contributed by atoms with Crippen molar-refractivity contribution in [3.05, 3.63) is 102 Å². The quantitative estimate of drug-likeness (QED) is 0.398. The summed E-state index contributed by atoms with van der Waals surface area (Å²) in [5, 5.41) is 5.25. The van der Waals surface area contributed by atoms with Crippen molar-refractivity contribution < 1.29 is 9.59 Å². The standard InChI is InChI=1S/C25H23N5O2S/c1-19(31)30(23-5-3-2-4-6-23)25-28-22(17-33-25)11-12-24(32)27-15-20-7-9-21(10-8-20)16-29-14-13-26-18-29/h2-14,17-18H,15-16H2,1H3,(H,27,32)/b12-11+. The summed E-state index contributed by atoms with van der Waals surface area (Å²) in [7, 11) is 0. The highest BCUT2D eigenvalue weighted by atomic mass is 32.1. The lowest BCUT2D eigenvalue weighted by atomic mass is 10.1. The molecule has 0 spiro atoms. The Morgan fingerprint density at radius 2 is 1.85 bits per heavy atom. The van der Waals surface area contributed by atoms with Gasteiger partial charge >= 0.3 is 0 Å². The van der Waals surface area contributed by atoms with Crippen LogP contribution in [0.1, 0.15) is 23.7 Å². The van der Waals surface area contributed by atoms with Crippen molar-refractivity contribution in [2.45, 2.75) is 20.0 Å². The van der Waals surface area contributed by atoms with Gasteiger partial charge in [-0.2, -0.15) is 0 Å². The first-order valence-corrected chi connectivity index (χ1v) is 11.3. The first-order chi connectivity index (χ1) is 16.1. The van der Waals surface area contributed by atoms with Gasteiger partial charge in [-0.25, -0.2) is 9.97 Å². The molecular weight excluding hydrogens is 434 g/mol. The van der Waals surface area contributed by atoms with Crippen LogP contribution in [-0.4, -0.2) is 26.3 Å². The van der Waals surface area contributed by atoms with Crippen LogP contribution >= 0.6 is 11.3 Å². The van der Waals surface area contributed by atoms with Crippen molar-refractivity contribution in [3.63, 3.8) is 0 Å². The molecule has 0 aliphatic carbocycles. The zero-order valence-electron chi connectivity index (χ0n) is 18.1. The van der Waals surface area contributed by atoms with E-state index in [-0.39, 0.29) is 11.8 Å². The van der Waals surface area contributed by atoms with Crippen molar-refractivity contribution in [1.82, 2.24) is 19.9 Å². The summed E-state index contributed by atoms with van der Waals surface area (Å²) in [5.74, 6) is -0.335. The Balaban J connectivity index is 1.32. The second-order valence-electron chi connectivity index (χ2n) is 7.35. The Morgan fingerprint density at radius 1 is 1.09 bits per heavy atom. The highest BCUT2D eigenvalue weighted by Gasteiger charge is 2.17. The number of carbonyl (C=O) groups is 2. The second-order valence-corrected chi connectivity index (χ2v) is 8.18. The van der Waals surface area contributed by atoms with Crippen LogP contribution in [0.5, 0.6) is 0 Å². The Labute approximate surface area is 196 Å². The maximum atomic E-state index is 12.2. The van der Waals surface area contributed by atoms with Crippen LogP contribution in [0.3, 0.4) is 0 Å². The number of imidazole rings is 1. The molecular formula is C25H23N5O2S. The summed E-state index contributed by atoms with van der Waals surface area (Å²) in [6.07, 6.45) is 8.56. The lowest BCUT2D eigenvalue weighted by Gasteiger charge is -2.17. The number of thiazole rings is 1. The fourth-order valence-electron chi connectivity index (χ4n) is 3.22. The summed E-state index contributed by atoms with van der Waals surface area (Å²) in [4.78, 5) is 34.5. The molecule has 0 unspecified atom stereocenters. The smallest absolute Gasteiger partial charge is 0.244 e. The number of carbonyl (C=O) groups excluding carboxylic acids is 2. The third-order valence-corrected chi connectivity index (χ3v) is 5.69. The van der Waals surface area contributed by atoms with Crippen LogP contribution in [0.4, 0.5) is 10.8 Å². The molecule has 2 heterocycles. The van der Waals surface area contributed by atoms with E-state index in [1.54, 1.807) is 23.5 Å². The third-order valence-electron chi connectivity index (χ3n) is 4.85. The van der Waals surface area contributed by atoms with Gasteiger partial charge in [-0.05, 0) is 29.3 Å². The Bertz CT molecular complexity index is 1230. The number of nitrogens with one attached hydrogen (secondary N) is 1. The van der Waals surface area contributed by atoms with Gasteiger partial charge in [0.1, 0.15) is 0 Å². The lowest BCUT2D eigenvalue weighted by Crippen LogP contribution is -2.22. The van der Waals surface area contributed by atoms with Gasteiger partial charge in [-0.3, -0.25) is 14.5 Å². The molecule has 8 heteroatoms. The van der Waals surface area contributed by atoms with Crippen molar-refractivity contribution >= 4 is 40.0 Å². The van der Waals surface area contributed by atoms with Crippen LogP contribution < -0.4 is 10.2 Å². The van der Waals surface area contributed by atoms with Gasteiger partial charge in [0.15, 0.2) is 5.13 Å². The molecule has 0 aliphatic heterocycles. The molecule has 33 heavy (non-hydrogen) atoms. The van der Waals surface area contributed by atoms with E-state index in [0.29, 0.717) is 17.4 Å². The lowest BCUT2D eigenvalue weighted by molar-refractivity contribution is -0.117. The van der Waals surface area contributed by atoms with E-state index in [1.807, 2.05) is 70.7 Å². The first kappa shape index (κ1) is 22.2. The van der Waals surface area contributed by atoms with Crippen LogP contribution in [0.25, 0.3) is 6.08 Å². The van der Waals surface area contributed by atoms with Crippen molar-refractivity contribution in [2.75, 3.05) is 4.90 Å². The summed E-state index contributed by atoms with van der Waals surface area (Å²) in [5.41, 5.74) is 3.55. The number of nitrogens with zero attached hydrogens (tertiary/aromatic N) is 4. The molecule has 7 nitrogen and oxygen atoms in total. The van der Waals surface area contributed by atoms with Crippen molar-refractivity contribution in [2.24, 2.45) is 0 Å². The zero-order chi connectivity index (χ0) is 23.0. The van der Waals surface area contributed by atoms with Crippen LogP contribution in [0.2, 0.25) is 0 Å². The number of para-hydroxylation sites is 1. The second kappa shape index (κ2) is 10.5. The average molecular weight is 458 g/mol. The molecule has 1 N–H and O–H groups in total. The monoisotopic (exact) mass is 457 g/mol. The van der Waals surface area contributed by atoms with Gasteiger partial charge in [-0.15, -0.1) is 11.3 Å². The van der Waals surface area contributed by atoms with E-state index in [2.05, 4.69) is 15.3 Å². The molecule has 2 aromatic heterocycles. The molecule has 0 bridgehead atoms. The summed E-state index contributed by atoms with van der Waals surface area (Å²) in [6.45, 7) is 2.70. The van der Waals surface area contributed by atoms with Crippen LogP contribution in [0, 0.1) is 0 Å². The minimum Gasteiger partial charge on any atom is -0.348 e.